The van der Waals surface area contributed by atoms with E-state index in [9.17, 15) is 18.4 Å². The Morgan fingerprint density at radius 1 is 1.35 bits per heavy atom. The number of benzene rings is 1. The molecular formula is C19H17F2NO4. The topological polar surface area (TPSA) is 64.6 Å². The maximum atomic E-state index is 14.1. The fraction of sp³-hybridized carbons (Fsp3) is 0.368. The molecule has 0 bridgehead atoms. The number of methoxy groups -OCH3 is 1. The highest BCUT2D eigenvalue weighted by Gasteiger charge is 2.44. The van der Waals surface area contributed by atoms with Crippen LogP contribution in [0, 0.1) is 5.82 Å². The van der Waals surface area contributed by atoms with E-state index in [2.05, 4.69) is 5.32 Å². The van der Waals surface area contributed by atoms with Crippen molar-refractivity contribution >= 4 is 11.9 Å². The normalized spacial score (nSPS) is 22.1. The van der Waals surface area contributed by atoms with Crippen molar-refractivity contribution in [2.24, 2.45) is 0 Å². The van der Waals surface area contributed by atoms with Gasteiger partial charge < -0.3 is 14.8 Å². The summed E-state index contributed by atoms with van der Waals surface area (Å²) in [6.45, 7) is -0.976. The molecule has 1 atom stereocenters. The van der Waals surface area contributed by atoms with E-state index in [-0.39, 0.29) is 29.4 Å². The van der Waals surface area contributed by atoms with Crippen molar-refractivity contribution in [3.63, 3.8) is 0 Å². The molecule has 0 radical (unpaired) electrons. The lowest BCUT2D eigenvalue weighted by atomic mass is 9.78. The van der Waals surface area contributed by atoms with Gasteiger partial charge >= 0.3 is 11.9 Å². The molecular weight excluding hydrogens is 344 g/mol. The van der Waals surface area contributed by atoms with Gasteiger partial charge in [-0.3, -0.25) is 0 Å². The second kappa shape index (κ2) is 6.23. The highest BCUT2D eigenvalue weighted by atomic mass is 19.1. The van der Waals surface area contributed by atoms with Crippen molar-refractivity contribution < 1.29 is 27.8 Å². The maximum Gasteiger partial charge on any atom is 0.337 e. The Morgan fingerprint density at radius 2 is 2.12 bits per heavy atom. The van der Waals surface area contributed by atoms with Gasteiger partial charge in [0.25, 0.3) is 0 Å². The molecule has 4 rings (SSSR count). The van der Waals surface area contributed by atoms with Crippen molar-refractivity contribution in [3.05, 3.63) is 57.7 Å². The van der Waals surface area contributed by atoms with E-state index in [0.29, 0.717) is 11.3 Å². The Bertz CT molecular complexity index is 870. The Balaban J connectivity index is 1.96. The highest BCUT2D eigenvalue weighted by Crippen LogP contribution is 2.48. The monoisotopic (exact) mass is 361 g/mol. The average molecular weight is 361 g/mol. The summed E-state index contributed by atoms with van der Waals surface area (Å²) < 4.78 is 37.6. The van der Waals surface area contributed by atoms with Crippen LogP contribution >= 0.6 is 0 Å². The average Bonchev–Trinajstić information content (AvgIpc) is 3.43. The lowest BCUT2D eigenvalue weighted by Gasteiger charge is -2.29. The van der Waals surface area contributed by atoms with Crippen LogP contribution in [0.15, 0.2) is 40.7 Å². The minimum absolute atomic E-state index is 0.0138. The van der Waals surface area contributed by atoms with E-state index >= 15 is 0 Å². The predicted octanol–water partition coefficient (Wildman–Crippen LogP) is 2.60. The molecule has 1 aromatic rings. The molecule has 0 saturated heterocycles. The number of hydrogen-bond donors (Lipinski definition) is 1. The molecule has 2 aliphatic heterocycles. The third-order valence-electron chi connectivity index (χ3n) is 5.01. The van der Waals surface area contributed by atoms with Gasteiger partial charge in [-0.25, -0.2) is 18.4 Å². The molecule has 7 heteroatoms. The fourth-order valence-corrected chi connectivity index (χ4v) is 3.71. The number of hydrogen-bond acceptors (Lipinski definition) is 5. The number of dihydropyridines is 1. The van der Waals surface area contributed by atoms with E-state index in [1.807, 2.05) is 0 Å². The quantitative estimate of drug-likeness (QED) is 0.835. The number of carbonyl (C=O) groups excluding carboxylic acids is 2. The summed E-state index contributed by atoms with van der Waals surface area (Å²) in [7, 11) is 1.19. The van der Waals surface area contributed by atoms with Gasteiger partial charge in [0.1, 0.15) is 19.1 Å². The number of carbonyl (C=O) groups is 2. The van der Waals surface area contributed by atoms with Crippen LogP contribution in [-0.4, -0.2) is 32.3 Å². The van der Waals surface area contributed by atoms with Crippen LogP contribution in [0.1, 0.15) is 35.8 Å². The van der Waals surface area contributed by atoms with Crippen molar-refractivity contribution in [2.45, 2.75) is 24.7 Å². The van der Waals surface area contributed by atoms with Gasteiger partial charge in [-0.2, -0.15) is 0 Å². The van der Waals surface area contributed by atoms with Crippen molar-refractivity contribution in [1.29, 1.82) is 0 Å². The predicted molar refractivity (Wildman–Crippen MR) is 87.3 cm³/mol. The van der Waals surface area contributed by atoms with E-state index in [0.717, 1.165) is 18.4 Å². The first kappa shape index (κ1) is 16.8. The number of halogens is 2. The summed E-state index contributed by atoms with van der Waals surface area (Å²) in [4.78, 5) is 24.8. The Kier molecular flexibility index (Phi) is 4.01. The summed E-state index contributed by atoms with van der Waals surface area (Å²) in [6.07, 6.45) is 1.90. The van der Waals surface area contributed by atoms with Gasteiger partial charge in [-0.05, 0) is 42.0 Å². The number of rotatable bonds is 4. The van der Waals surface area contributed by atoms with Gasteiger partial charge in [0.05, 0.1) is 35.6 Å². The summed E-state index contributed by atoms with van der Waals surface area (Å²) >= 11 is 0. The summed E-state index contributed by atoms with van der Waals surface area (Å²) in [5.41, 5.74) is 1.99. The van der Waals surface area contributed by atoms with E-state index < -0.39 is 30.3 Å². The van der Waals surface area contributed by atoms with Crippen LogP contribution in [-0.2, 0) is 19.1 Å². The Labute approximate surface area is 148 Å². The van der Waals surface area contributed by atoms with E-state index in [1.54, 1.807) is 6.07 Å². The van der Waals surface area contributed by atoms with Crippen molar-refractivity contribution in [2.75, 3.05) is 20.4 Å². The molecule has 0 amide bonds. The minimum Gasteiger partial charge on any atom is -0.466 e. The lowest BCUT2D eigenvalue weighted by molar-refractivity contribution is -0.136. The summed E-state index contributed by atoms with van der Waals surface area (Å²) in [5, 5.41) is 2.78. The zero-order valence-electron chi connectivity index (χ0n) is 14.1. The molecule has 1 aromatic carbocycles. The van der Waals surface area contributed by atoms with Crippen LogP contribution in [0.25, 0.3) is 0 Å². The minimum atomic E-state index is -0.944. The second-order valence-electron chi connectivity index (χ2n) is 6.59. The van der Waals surface area contributed by atoms with Gasteiger partial charge in [-0.1, -0.05) is 6.07 Å². The number of allylic oxidation sites excluding steroid dienone is 1. The Hall–Kier alpha value is -2.70. The van der Waals surface area contributed by atoms with Crippen LogP contribution in [0.5, 0.6) is 0 Å². The SMILES string of the molecule is COC(=O)C1=C(CF)NC2=C(C(=O)OC2)[C@H]1c1cc(F)ccc1C1CC1. The van der Waals surface area contributed by atoms with Gasteiger partial charge in [0.15, 0.2) is 0 Å². The molecule has 0 unspecified atom stereocenters. The van der Waals surface area contributed by atoms with Crippen molar-refractivity contribution in [3.8, 4) is 0 Å². The van der Waals surface area contributed by atoms with Gasteiger partial charge in [0, 0.05) is 0 Å². The molecule has 1 aliphatic carbocycles. The third-order valence-corrected chi connectivity index (χ3v) is 5.01. The molecule has 0 aromatic heterocycles. The smallest absolute Gasteiger partial charge is 0.337 e. The van der Waals surface area contributed by atoms with Gasteiger partial charge in [-0.15, -0.1) is 0 Å². The van der Waals surface area contributed by atoms with Crippen LogP contribution in [0.3, 0.4) is 0 Å². The molecule has 1 N–H and O–H groups in total. The molecule has 2 heterocycles. The van der Waals surface area contributed by atoms with E-state index in [1.165, 1.54) is 19.2 Å². The number of cyclic esters (lactones) is 1. The zero-order chi connectivity index (χ0) is 18.4. The first-order valence-corrected chi connectivity index (χ1v) is 8.39. The largest absolute Gasteiger partial charge is 0.466 e. The van der Waals surface area contributed by atoms with Crippen LogP contribution in [0.2, 0.25) is 0 Å². The van der Waals surface area contributed by atoms with Crippen molar-refractivity contribution in [1.82, 2.24) is 5.32 Å². The lowest BCUT2D eigenvalue weighted by Crippen LogP contribution is -2.32. The molecule has 0 spiro atoms. The van der Waals surface area contributed by atoms with Crippen LogP contribution < -0.4 is 5.32 Å². The van der Waals surface area contributed by atoms with E-state index in [4.69, 9.17) is 9.47 Å². The van der Waals surface area contributed by atoms with Gasteiger partial charge in [0.2, 0.25) is 0 Å². The first-order chi connectivity index (χ1) is 12.5. The third kappa shape index (κ3) is 2.58. The van der Waals surface area contributed by atoms with Crippen LogP contribution in [0.4, 0.5) is 8.78 Å². The number of esters is 2. The number of alkyl halides is 1. The first-order valence-electron chi connectivity index (χ1n) is 8.39. The fourth-order valence-electron chi connectivity index (χ4n) is 3.71. The summed E-state index contributed by atoms with van der Waals surface area (Å²) in [5.74, 6) is -2.50. The zero-order valence-corrected chi connectivity index (χ0v) is 14.1. The molecule has 136 valence electrons. The molecule has 3 aliphatic rings. The summed E-state index contributed by atoms with van der Waals surface area (Å²) in [6, 6.07) is 4.35. The second-order valence-corrected chi connectivity index (χ2v) is 6.59. The standard InChI is InChI=1S/C19H17F2NO4/c1-25-18(23)16-13(7-20)22-14-8-26-19(24)17(14)15(16)12-6-10(21)4-5-11(12)9-2-3-9/h4-6,9,15,22H,2-3,7-8H2,1H3/t15-/m0/s1. The number of nitrogens with one attached hydrogen (secondary N) is 1. The molecule has 1 saturated carbocycles. The molecule has 1 fully saturated rings. The highest BCUT2D eigenvalue weighted by molar-refractivity contribution is 6.01. The number of ether oxygens (including phenoxy) is 2. The molecule has 5 nitrogen and oxygen atoms in total. The maximum absolute atomic E-state index is 14.1. The Morgan fingerprint density at radius 3 is 2.77 bits per heavy atom. The molecule has 26 heavy (non-hydrogen) atoms.